The highest BCUT2D eigenvalue weighted by atomic mass is 32.1. The highest BCUT2D eigenvalue weighted by molar-refractivity contribution is 7.13. The highest BCUT2D eigenvalue weighted by Gasteiger charge is 2.22. The van der Waals surface area contributed by atoms with Crippen LogP contribution < -0.4 is 9.80 Å². The van der Waals surface area contributed by atoms with Crippen LogP contribution in [0.1, 0.15) is 5.56 Å². The monoisotopic (exact) mass is 389 g/mol. The van der Waals surface area contributed by atoms with Crippen molar-refractivity contribution in [1.29, 1.82) is 0 Å². The number of thiophene rings is 1. The number of anilines is 2. The van der Waals surface area contributed by atoms with E-state index in [9.17, 15) is 0 Å². The molecule has 0 N–H and O–H groups in total. The Kier molecular flexibility index (Phi) is 4.85. The molecule has 1 aromatic heterocycles. The largest absolute Gasteiger partial charge is 0.378 e. The van der Waals surface area contributed by atoms with Crippen LogP contribution in [0.2, 0.25) is 0 Å². The number of nitrogens with zero attached hydrogens (tertiary/aromatic N) is 3. The highest BCUT2D eigenvalue weighted by Crippen LogP contribution is 2.39. The number of morpholine rings is 1. The summed E-state index contributed by atoms with van der Waals surface area (Å²) < 4.78 is 5.62. The van der Waals surface area contributed by atoms with E-state index in [4.69, 9.17) is 4.74 Å². The first-order valence-electron chi connectivity index (χ1n) is 9.75. The first-order chi connectivity index (χ1) is 13.9. The summed E-state index contributed by atoms with van der Waals surface area (Å²) >= 11 is 1.80. The van der Waals surface area contributed by atoms with Gasteiger partial charge in [0.2, 0.25) is 0 Å². The molecule has 2 aromatic carbocycles. The smallest absolute Gasteiger partial charge is 0.0860 e. The zero-order valence-corrected chi connectivity index (χ0v) is 16.6. The van der Waals surface area contributed by atoms with Crippen molar-refractivity contribution in [3.05, 3.63) is 65.5 Å². The van der Waals surface area contributed by atoms with Crippen LogP contribution in [0.15, 0.2) is 65.0 Å². The summed E-state index contributed by atoms with van der Waals surface area (Å²) in [7, 11) is 0. The molecule has 0 saturated carbocycles. The number of aliphatic imine (C=N–C) groups is 1. The summed E-state index contributed by atoms with van der Waals surface area (Å²) in [6, 6.07) is 19.5. The Morgan fingerprint density at radius 3 is 2.71 bits per heavy atom. The Hall–Kier alpha value is -2.63. The van der Waals surface area contributed by atoms with E-state index in [0.29, 0.717) is 0 Å². The van der Waals surface area contributed by atoms with Crippen LogP contribution in [0.25, 0.3) is 10.4 Å². The van der Waals surface area contributed by atoms with Gasteiger partial charge in [-0.05, 0) is 29.1 Å². The molecule has 0 bridgehead atoms. The molecule has 2 aliphatic rings. The van der Waals surface area contributed by atoms with Crippen molar-refractivity contribution in [3.8, 4) is 10.4 Å². The molecule has 3 aromatic rings. The van der Waals surface area contributed by atoms with Gasteiger partial charge in [-0.15, -0.1) is 11.3 Å². The van der Waals surface area contributed by atoms with Crippen LogP contribution in [-0.4, -0.2) is 39.1 Å². The Morgan fingerprint density at radius 1 is 0.964 bits per heavy atom. The maximum atomic E-state index is 5.62. The lowest BCUT2D eigenvalue weighted by Crippen LogP contribution is -2.38. The lowest BCUT2D eigenvalue weighted by atomic mass is 10.0. The van der Waals surface area contributed by atoms with E-state index in [-0.39, 0.29) is 0 Å². The normalized spacial score (nSPS) is 16.3. The van der Waals surface area contributed by atoms with Gasteiger partial charge in [-0.2, -0.15) is 0 Å². The minimum atomic E-state index is 0.789. The molecule has 0 atom stereocenters. The maximum Gasteiger partial charge on any atom is 0.0860 e. The van der Waals surface area contributed by atoms with Gasteiger partial charge < -0.3 is 14.5 Å². The van der Waals surface area contributed by atoms with Crippen molar-refractivity contribution >= 4 is 34.6 Å². The van der Waals surface area contributed by atoms with Gasteiger partial charge in [-0.25, -0.2) is 0 Å². The van der Waals surface area contributed by atoms with Gasteiger partial charge in [-0.1, -0.05) is 36.4 Å². The van der Waals surface area contributed by atoms with Gasteiger partial charge in [0.1, 0.15) is 0 Å². The Morgan fingerprint density at radius 2 is 1.86 bits per heavy atom. The van der Waals surface area contributed by atoms with Crippen LogP contribution in [-0.2, 0) is 11.3 Å². The van der Waals surface area contributed by atoms with Crippen molar-refractivity contribution in [2.24, 2.45) is 4.99 Å². The summed E-state index contributed by atoms with van der Waals surface area (Å²) in [5.74, 6) is 0. The quantitative estimate of drug-likeness (QED) is 0.630. The molecule has 2 aliphatic heterocycles. The van der Waals surface area contributed by atoms with Gasteiger partial charge in [0.25, 0.3) is 0 Å². The lowest BCUT2D eigenvalue weighted by molar-refractivity contribution is 0.122. The second kappa shape index (κ2) is 7.78. The fourth-order valence-corrected chi connectivity index (χ4v) is 4.79. The van der Waals surface area contributed by atoms with Crippen LogP contribution in [0.4, 0.5) is 17.1 Å². The molecule has 0 aliphatic carbocycles. The summed E-state index contributed by atoms with van der Waals surface area (Å²) in [5.41, 5.74) is 6.30. The van der Waals surface area contributed by atoms with Crippen LogP contribution >= 0.6 is 11.3 Å². The van der Waals surface area contributed by atoms with Crippen molar-refractivity contribution < 1.29 is 4.74 Å². The summed E-state index contributed by atoms with van der Waals surface area (Å²) in [5, 5.41) is 2.16. The average molecular weight is 390 g/mol. The molecule has 0 unspecified atom stereocenters. The molecular weight excluding hydrogens is 366 g/mol. The first kappa shape index (κ1) is 17.5. The van der Waals surface area contributed by atoms with Gasteiger partial charge in [0.15, 0.2) is 0 Å². The van der Waals surface area contributed by atoms with Crippen molar-refractivity contribution in [3.63, 3.8) is 0 Å². The lowest BCUT2D eigenvalue weighted by Gasteiger charge is -2.34. The molecule has 0 spiro atoms. The fourth-order valence-electron chi connectivity index (χ4n) is 4.04. The number of hydrogen-bond donors (Lipinski definition) is 0. The predicted octanol–water partition coefficient (Wildman–Crippen LogP) is 4.97. The molecule has 142 valence electrons. The number of fused-ring (bicyclic) bond motifs is 1. The standard InChI is InChI=1S/C23H23N3OS/c1-2-8-21-20(7-1)24-10-11-26(21)17-18-5-3-6-19(22-9-4-16-28-22)23(18)25-12-14-27-15-13-25/h1-10,16H,11-15,17H2. The van der Waals surface area contributed by atoms with Crippen LogP contribution in [0, 0.1) is 0 Å². The topological polar surface area (TPSA) is 28.1 Å². The number of para-hydroxylation sites is 3. The third kappa shape index (κ3) is 3.32. The molecular formula is C23H23N3OS. The van der Waals surface area contributed by atoms with Gasteiger partial charge in [0.05, 0.1) is 36.8 Å². The molecule has 4 nitrogen and oxygen atoms in total. The van der Waals surface area contributed by atoms with E-state index in [2.05, 4.69) is 74.8 Å². The zero-order valence-electron chi connectivity index (χ0n) is 15.8. The number of rotatable bonds is 4. The van der Waals surface area contributed by atoms with Crippen molar-refractivity contribution in [2.75, 3.05) is 42.6 Å². The molecule has 0 amide bonds. The second-order valence-corrected chi connectivity index (χ2v) is 8.02. The van der Waals surface area contributed by atoms with Gasteiger partial charge in [0, 0.05) is 36.3 Å². The Bertz CT molecular complexity index is 977. The van der Waals surface area contributed by atoms with Crippen molar-refractivity contribution in [1.82, 2.24) is 0 Å². The maximum absolute atomic E-state index is 5.62. The molecule has 3 heterocycles. The molecule has 5 rings (SSSR count). The number of hydrogen-bond acceptors (Lipinski definition) is 5. The Balaban J connectivity index is 1.56. The van der Waals surface area contributed by atoms with Crippen LogP contribution in [0.3, 0.4) is 0 Å². The second-order valence-electron chi connectivity index (χ2n) is 7.07. The first-order valence-corrected chi connectivity index (χ1v) is 10.6. The molecule has 28 heavy (non-hydrogen) atoms. The van der Waals surface area contributed by atoms with E-state index < -0.39 is 0 Å². The summed E-state index contributed by atoms with van der Waals surface area (Å²) in [6.07, 6.45) is 2.01. The molecule has 1 saturated heterocycles. The van der Waals surface area contributed by atoms with E-state index in [0.717, 1.165) is 45.1 Å². The van der Waals surface area contributed by atoms with Gasteiger partial charge >= 0.3 is 0 Å². The van der Waals surface area contributed by atoms with E-state index in [1.807, 2.05) is 6.21 Å². The van der Waals surface area contributed by atoms with Gasteiger partial charge in [-0.3, -0.25) is 4.99 Å². The predicted molar refractivity (Wildman–Crippen MR) is 118 cm³/mol. The third-order valence-corrected chi connectivity index (χ3v) is 6.25. The summed E-state index contributed by atoms with van der Waals surface area (Å²) in [4.78, 5) is 10.8. The van der Waals surface area contributed by atoms with Crippen molar-refractivity contribution in [2.45, 2.75) is 6.54 Å². The SMILES string of the molecule is C1=Nc2ccccc2N(Cc2cccc(-c3cccs3)c2N2CCOCC2)C1. The van der Waals surface area contributed by atoms with E-state index in [1.165, 1.54) is 27.4 Å². The fraction of sp³-hybridized carbons (Fsp3) is 0.261. The third-order valence-electron chi connectivity index (χ3n) is 5.35. The molecule has 0 radical (unpaired) electrons. The van der Waals surface area contributed by atoms with Crippen LogP contribution in [0.5, 0.6) is 0 Å². The Labute approximate surface area is 169 Å². The molecule has 5 heteroatoms. The zero-order chi connectivity index (χ0) is 18.8. The van der Waals surface area contributed by atoms with E-state index in [1.54, 1.807) is 11.3 Å². The average Bonchev–Trinajstić information content (AvgIpc) is 3.29. The summed E-state index contributed by atoms with van der Waals surface area (Å²) in [6.45, 7) is 5.16. The molecule has 1 fully saturated rings. The minimum absolute atomic E-state index is 0.789. The number of benzene rings is 2. The number of ether oxygens (including phenoxy) is 1. The minimum Gasteiger partial charge on any atom is -0.378 e. The van der Waals surface area contributed by atoms with E-state index >= 15 is 0 Å².